The van der Waals surface area contributed by atoms with Gasteiger partial charge in [0.25, 0.3) is 0 Å². The van der Waals surface area contributed by atoms with E-state index in [0.29, 0.717) is 5.56 Å². The Balaban J connectivity index is 3.42. The fourth-order valence-corrected chi connectivity index (χ4v) is 7.25. The SMILES string of the molecule is CC(C)C[C@H](NC(=O)[C@@H](Cc1ccccc1)NC(=O)[C@H](CCN)NC(=O)[C@H](CCN)NC(=O)[C@H](CCN)NC(=O)[C@@H](NC(=O)[C@@H](N)CCN)[C@@H](C)O)C(=O)N[C@@H](CCN)C(=O)N[C@@H](CN)C(=O)N[C@H](C(=O)O)[C@@H](C)O. The summed E-state index contributed by atoms with van der Waals surface area (Å²) in [5, 5.41) is 51.6. The molecule has 0 aliphatic carbocycles. The van der Waals surface area contributed by atoms with Crippen LogP contribution in [0.5, 0.6) is 0 Å². The van der Waals surface area contributed by atoms with Crippen LogP contribution in [-0.2, 0) is 54.4 Å². The molecule has 75 heavy (non-hydrogen) atoms. The van der Waals surface area contributed by atoms with Crippen molar-refractivity contribution in [1.29, 1.82) is 0 Å². The first-order valence-electron chi connectivity index (χ1n) is 24.7. The van der Waals surface area contributed by atoms with Crippen LogP contribution in [0, 0.1) is 5.92 Å². The Labute approximate surface area is 435 Å². The van der Waals surface area contributed by atoms with Crippen molar-refractivity contribution in [2.75, 3.05) is 39.3 Å². The molecule has 29 heteroatoms. The zero-order chi connectivity index (χ0) is 56.9. The quantitative estimate of drug-likeness (QED) is 0.0297. The number of amides is 9. The van der Waals surface area contributed by atoms with Gasteiger partial charge in [0.05, 0.1) is 18.2 Å². The summed E-state index contributed by atoms with van der Waals surface area (Å²) >= 11 is 0. The molecule has 0 aliphatic heterocycles. The summed E-state index contributed by atoms with van der Waals surface area (Å²) in [6.07, 6.45) is -3.65. The molecule has 0 spiro atoms. The van der Waals surface area contributed by atoms with Gasteiger partial charge in [-0.15, -0.1) is 0 Å². The summed E-state index contributed by atoms with van der Waals surface area (Å²) < 4.78 is 0. The van der Waals surface area contributed by atoms with Crippen LogP contribution < -0.4 is 88.0 Å². The minimum atomic E-state index is -1.73. The highest BCUT2D eigenvalue weighted by Gasteiger charge is 2.36. The van der Waals surface area contributed by atoms with Gasteiger partial charge in [-0.3, -0.25) is 43.2 Å². The van der Waals surface area contributed by atoms with Crippen molar-refractivity contribution in [3.8, 4) is 0 Å². The summed E-state index contributed by atoms with van der Waals surface area (Å²) in [5.74, 6) is -9.89. The van der Waals surface area contributed by atoms with Gasteiger partial charge in [0.2, 0.25) is 53.2 Å². The molecule has 29 nitrogen and oxygen atoms in total. The Morgan fingerprint density at radius 1 is 0.427 bits per heavy atom. The average Bonchev–Trinajstić information content (AvgIpc) is 3.34. The summed E-state index contributed by atoms with van der Waals surface area (Å²) in [4.78, 5) is 134. The van der Waals surface area contributed by atoms with Crippen molar-refractivity contribution in [2.45, 2.75) is 145 Å². The minimum absolute atomic E-state index is 0.0157. The maximum absolute atomic E-state index is 14.3. The molecule has 0 aliphatic rings. The van der Waals surface area contributed by atoms with Crippen LogP contribution in [0.4, 0.5) is 0 Å². The van der Waals surface area contributed by atoms with Crippen molar-refractivity contribution >= 4 is 59.1 Å². The summed E-state index contributed by atoms with van der Waals surface area (Å²) in [6, 6.07) is -5.74. The number of nitrogens with one attached hydrogen (secondary N) is 9. The van der Waals surface area contributed by atoms with E-state index in [1.165, 1.54) is 6.92 Å². The Kier molecular flexibility index (Phi) is 31.0. The van der Waals surface area contributed by atoms with Gasteiger partial charge in [-0.1, -0.05) is 44.2 Å². The van der Waals surface area contributed by atoms with Gasteiger partial charge in [0.1, 0.15) is 48.3 Å². The Bertz CT molecular complexity index is 2020. The van der Waals surface area contributed by atoms with Gasteiger partial charge in [-0.05, 0) is 96.6 Å². The molecule has 1 aromatic rings. The number of aliphatic hydroxyl groups excluding tert-OH is 2. The summed E-state index contributed by atoms with van der Waals surface area (Å²) in [5.41, 5.74) is 40.8. The van der Waals surface area contributed by atoms with Crippen LogP contribution in [0.25, 0.3) is 0 Å². The van der Waals surface area contributed by atoms with E-state index in [-0.39, 0.29) is 83.6 Å². The van der Waals surface area contributed by atoms with Gasteiger partial charge in [-0.25, -0.2) is 4.79 Å². The summed E-state index contributed by atoms with van der Waals surface area (Å²) in [7, 11) is 0. The second kappa shape index (κ2) is 34.9. The van der Waals surface area contributed by atoms with Crippen LogP contribution in [0.3, 0.4) is 0 Å². The lowest BCUT2D eigenvalue weighted by molar-refractivity contribution is -0.145. The fraction of sp³-hybridized carbons (Fsp3) is 0.652. The van der Waals surface area contributed by atoms with E-state index in [1.807, 2.05) is 0 Å². The molecule has 0 heterocycles. The van der Waals surface area contributed by atoms with Crippen molar-refractivity contribution in [3.63, 3.8) is 0 Å². The monoisotopic (exact) mass is 1070 g/mol. The molecule has 424 valence electrons. The highest BCUT2D eigenvalue weighted by Crippen LogP contribution is 2.11. The van der Waals surface area contributed by atoms with E-state index >= 15 is 0 Å². The fourth-order valence-electron chi connectivity index (χ4n) is 7.25. The molecule has 1 rings (SSSR count). The third-order valence-electron chi connectivity index (χ3n) is 11.4. The van der Waals surface area contributed by atoms with E-state index in [9.17, 15) is 63.3 Å². The van der Waals surface area contributed by atoms with Crippen LogP contribution in [0.2, 0.25) is 0 Å². The number of hydrogen-bond donors (Lipinski definition) is 19. The van der Waals surface area contributed by atoms with Crippen LogP contribution in [-0.4, -0.2) is 186 Å². The van der Waals surface area contributed by atoms with Crippen LogP contribution >= 0.6 is 0 Å². The van der Waals surface area contributed by atoms with Gasteiger partial charge in [0, 0.05) is 13.0 Å². The molecule has 0 saturated heterocycles. The summed E-state index contributed by atoms with van der Waals surface area (Å²) in [6.45, 7) is 4.88. The van der Waals surface area contributed by atoms with E-state index in [4.69, 9.17) is 40.1 Å². The molecule has 0 fully saturated rings. The molecule has 9 amide bonds. The number of nitrogens with two attached hydrogens (primary N) is 7. The molecule has 0 bridgehead atoms. The highest BCUT2D eigenvalue weighted by atomic mass is 16.4. The molecule has 0 radical (unpaired) electrons. The van der Waals surface area contributed by atoms with E-state index in [1.54, 1.807) is 44.2 Å². The minimum Gasteiger partial charge on any atom is -0.480 e. The molecule has 0 saturated carbocycles. The maximum Gasteiger partial charge on any atom is 0.328 e. The number of carboxylic acids is 1. The standard InChI is InChI=1S/C46H82N16O13/c1-23(2)20-32(42(70)56-30(13-18-50)41(69)60-34(22-52)44(72)62-36(25(4)64)46(74)75)58-43(71)33(21-26-8-6-5-7-9-26)59-40(68)29(12-17-49)55-38(66)28(11-16-48)54-39(67)31(14-19-51)57-45(73)35(24(3)63)61-37(65)27(53)10-15-47/h5-9,23-25,27-36,63-64H,10-22,47-53H2,1-4H3,(H,54,67)(H,55,66)(H,56,70)(H,57,73)(H,58,71)(H,59,68)(H,60,69)(H,61,65)(H,62,72)(H,74,75)/t24-,25-,27+,28+,29+,30+,31+,32+,33-,34+,35+,36+/m1/s1. The number of aliphatic hydroxyl groups is 2. The Morgan fingerprint density at radius 3 is 1.13 bits per heavy atom. The predicted octanol–water partition coefficient (Wildman–Crippen LogP) is -8.49. The number of aliphatic carboxylic acids is 1. The Hall–Kier alpha value is -6.44. The zero-order valence-electron chi connectivity index (χ0n) is 43.1. The maximum atomic E-state index is 14.3. The van der Waals surface area contributed by atoms with E-state index in [0.717, 1.165) is 6.92 Å². The third-order valence-corrected chi connectivity index (χ3v) is 11.4. The second-order valence-electron chi connectivity index (χ2n) is 18.3. The van der Waals surface area contributed by atoms with Gasteiger partial charge in [-0.2, -0.15) is 0 Å². The number of carboxylic acid groups (broad SMARTS) is 1. The van der Waals surface area contributed by atoms with Crippen molar-refractivity contribution in [1.82, 2.24) is 47.9 Å². The lowest BCUT2D eigenvalue weighted by atomic mass is 10.00. The van der Waals surface area contributed by atoms with Crippen LogP contribution in [0.1, 0.15) is 71.8 Å². The number of carbonyl (C=O) groups is 10. The lowest BCUT2D eigenvalue weighted by Gasteiger charge is -2.29. The van der Waals surface area contributed by atoms with Crippen molar-refractivity contribution < 1.29 is 63.3 Å². The molecule has 1 aromatic carbocycles. The first-order chi connectivity index (χ1) is 35.4. The molecule has 0 unspecified atom stereocenters. The molecular weight excluding hydrogens is 985 g/mol. The first-order valence-corrected chi connectivity index (χ1v) is 24.7. The van der Waals surface area contributed by atoms with Crippen LogP contribution in [0.15, 0.2) is 30.3 Å². The molecule has 0 aromatic heterocycles. The first kappa shape index (κ1) is 66.6. The van der Waals surface area contributed by atoms with Gasteiger partial charge >= 0.3 is 5.97 Å². The second-order valence-corrected chi connectivity index (χ2v) is 18.3. The molecule has 26 N–H and O–H groups in total. The normalized spacial score (nSPS) is 16.0. The topological polar surface area (TPSA) is 522 Å². The largest absolute Gasteiger partial charge is 0.480 e. The average molecular weight is 1070 g/mol. The van der Waals surface area contributed by atoms with Crippen molar-refractivity contribution in [2.24, 2.45) is 46.1 Å². The zero-order valence-corrected chi connectivity index (χ0v) is 43.1. The number of hydrogen-bond acceptors (Lipinski definition) is 19. The predicted molar refractivity (Wildman–Crippen MR) is 273 cm³/mol. The number of rotatable bonds is 36. The number of benzene rings is 1. The van der Waals surface area contributed by atoms with E-state index in [2.05, 4.69) is 47.9 Å². The van der Waals surface area contributed by atoms with Gasteiger partial charge in [0.15, 0.2) is 6.04 Å². The highest BCUT2D eigenvalue weighted by molar-refractivity contribution is 5.98. The number of carbonyl (C=O) groups excluding carboxylic acids is 9. The molecule has 12 atom stereocenters. The van der Waals surface area contributed by atoms with E-state index < -0.39 is 138 Å². The van der Waals surface area contributed by atoms with Crippen molar-refractivity contribution in [3.05, 3.63) is 35.9 Å². The third kappa shape index (κ3) is 23.8. The molecular formula is C46H82N16O13. The van der Waals surface area contributed by atoms with Gasteiger partial charge < -0.3 is 103 Å². The lowest BCUT2D eigenvalue weighted by Crippen LogP contribution is -2.62. The smallest absolute Gasteiger partial charge is 0.328 e. The Morgan fingerprint density at radius 2 is 0.760 bits per heavy atom.